The maximum absolute atomic E-state index is 13.2. The van der Waals surface area contributed by atoms with Gasteiger partial charge in [-0.25, -0.2) is 8.42 Å². The first kappa shape index (κ1) is 20.2. The van der Waals surface area contributed by atoms with Gasteiger partial charge in [0.1, 0.15) is 0 Å². The lowest BCUT2D eigenvalue weighted by atomic mass is 10.1. The predicted molar refractivity (Wildman–Crippen MR) is 120 cm³/mol. The normalized spacial score (nSPS) is 15.7. The largest absolute Gasteiger partial charge is 0.305 e. The van der Waals surface area contributed by atoms with Gasteiger partial charge in [0.15, 0.2) is 0 Å². The topological polar surface area (TPSA) is 66.5 Å². The molecule has 1 aliphatic heterocycles. The van der Waals surface area contributed by atoms with Crippen LogP contribution >= 0.6 is 0 Å². The molecule has 4 rings (SSSR count). The summed E-state index contributed by atoms with van der Waals surface area (Å²) in [6, 6.07) is 19.8. The number of para-hydroxylation sites is 1. The van der Waals surface area contributed by atoms with Crippen LogP contribution in [0.4, 0.5) is 11.4 Å². The second-order valence-corrected chi connectivity index (χ2v) is 9.49. The van der Waals surface area contributed by atoms with Crippen molar-refractivity contribution in [1.29, 1.82) is 0 Å². The van der Waals surface area contributed by atoms with E-state index in [-0.39, 0.29) is 16.8 Å². The van der Waals surface area contributed by atoms with Crippen molar-refractivity contribution in [1.82, 2.24) is 0 Å². The number of rotatable bonds is 4. The van der Waals surface area contributed by atoms with E-state index in [1.165, 1.54) is 0 Å². The number of amides is 1. The van der Waals surface area contributed by atoms with Crippen LogP contribution in [-0.2, 0) is 16.4 Å². The van der Waals surface area contributed by atoms with Crippen LogP contribution in [0.2, 0.25) is 0 Å². The van der Waals surface area contributed by atoms with E-state index in [0.29, 0.717) is 16.8 Å². The van der Waals surface area contributed by atoms with Crippen LogP contribution in [0.25, 0.3) is 0 Å². The fourth-order valence-electron chi connectivity index (χ4n) is 3.85. The minimum Gasteiger partial charge on any atom is -0.305 e. The summed E-state index contributed by atoms with van der Waals surface area (Å²) in [5.74, 6) is -0.0801. The van der Waals surface area contributed by atoms with Crippen molar-refractivity contribution < 1.29 is 13.2 Å². The standard InChI is InChI=1S/C24H24N2O3S/c1-16-8-11-21(12-9-16)30(28,29)25-22-13-10-20(14-17(22)2)24(27)26-18(3)15-19-6-4-5-7-23(19)26/h4-14,18,25H,15H2,1-3H3/t18-/m1/s1. The van der Waals surface area contributed by atoms with Crippen LogP contribution in [0, 0.1) is 13.8 Å². The van der Waals surface area contributed by atoms with E-state index in [0.717, 1.165) is 23.2 Å². The number of aryl methyl sites for hydroxylation is 2. The first-order valence-corrected chi connectivity index (χ1v) is 11.4. The molecule has 0 unspecified atom stereocenters. The smallest absolute Gasteiger partial charge is 0.261 e. The fourth-order valence-corrected chi connectivity index (χ4v) is 4.98. The van der Waals surface area contributed by atoms with Crippen molar-refractivity contribution in [2.75, 3.05) is 9.62 Å². The molecule has 0 saturated carbocycles. The molecule has 0 fully saturated rings. The number of hydrogen-bond donors (Lipinski definition) is 1. The SMILES string of the molecule is Cc1ccc(S(=O)(=O)Nc2ccc(C(=O)N3c4ccccc4C[C@H]3C)cc2C)cc1. The number of sulfonamides is 1. The fraction of sp³-hybridized carbons (Fsp3) is 0.208. The van der Waals surface area contributed by atoms with E-state index in [4.69, 9.17) is 0 Å². The molecular formula is C24H24N2O3S. The molecule has 1 N–H and O–H groups in total. The van der Waals surface area contributed by atoms with E-state index < -0.39 is 10.0 Å². The van der Waals surface area contributed by atoms with Gasteiger partial charge in [-0.2, -0.15) is 0 Å². The lowest BCUT2D eigenvalue weighted by Gasteiger charge is -2.23. The molecular weight excluding hydrogens is 396 g/mol. The zero-order valence-corrected chi connectivity index (χ0v) is 18.0. The third-order valence-corrected chi connectivity index (χ3v) is 6.86. The van der Waals surface area contributed by atoms with Crippen LogP contribution < -0.4 is 9.62 Å². The van der Waals surface area contributed by atoms with Crippen molar-refractivity contribution in [2.45, 2.75) is 38.1 Å². The Hall–Kier alpha value is -3.12. The summed E-state index contributed by atoms with van der Waals surface area (Å²) in [7, 11) is -3.70. The number of fused-ring (bicyclic) bond motifs is 1. The molecule has 0 aliphatic carbocycles. The van der Waals surface area contributed by atoms with Crippen LogP contribution in [0.1, 0.15) is 34.0 Å². The average Bonchev–Trinajstić information content (AvgIpc) is 3.05. The van der Waals surface area contributed by atoms with E-state index in [9.17, 15) is 13.2 Å². The quantitative estimate of drug-likeness (QED) is 0.666. The zero-order chi connectivity index (χ0) is 21.5. The maximum atomic E-state index is 13.2. The Labute approximate surface area is 177 Å². The van der Waals surface area contributed by atoms with Crippen molar-refractivity contribution in [3.63, 3.8) is 0 Å². The molecule has 6 heteroatoms. The van der Waals surface area contributed by atoms with Gasteiger partial charge in [0, 0.05) is 17.3 Å². The molecule has 1 heterocycles. The molecule has 1 aliphatic rings. The molecule has 30 heavy (non-hydrogen) atoms. The first-order valence-electron chi connectivity index (χ1n) is 9.88. The Morgan fingerprint density at radius 2 is 1.70 bits per heavy atom. The highest BCUT2D eigenvalue weighted by Gasteiger charge is 2.31. The van der Waals surface area contributed by atoms with Crippen molar-refractivity contribution in [3.8, 4) is 0 Å². The summed E-state index contributed by atoms with van der Waals surface area (Å²) >= 11 is 0. The van der Waals surface area contributed by atoms with Crippen LogP contribution in [0.3, 0.4) is 0 Å². The number of nitrogens with zero attached hydrogens (tertiary/aromatic N) is 1. The summed E-state index contributed by atoms with van der Waals surface area (Å²) < 4.78 is 28.0. The van der Waals surface area contributed by atoms with Gasteiger partial charge in [0.25, 0.3) is 15.9 Å². The predicted octanol–water partition coefficient (Wildman–Crippen LogP) is 4.70. The highest BCUT2D eigenvalue weighted by molar-refractivity contribution is 7.92. The summed E-state index contributed by atoms with van der Waals surface area (Å²) in [5.41, 5.74) is 4.79. The van der Waals surface area contributed by atoms with Crippen molar-refractivity contribution >= 4 is 27.3 Å². The van der Waals surface area contributed by atoms with Gasteiger partial charge < -0.3 is 4.90 Å². The molecule has 0 radical (unpaired) electrons. The van der Waals surface area contributed by atoms with Gasteiger partial charge in [0.05, 0.1) is 10.6 Å². The Bertz CT molecular complexity index is 1220. The van der Waals surface area contributed by atoms with Gasteiger partial charge in [-0.1, -0.05) is 35.9 Å². The molecule has 0 aromatic heterocycles. The Balaban J connectivity index is 1.59. The molecule has 1 amide bonds. The highest BCUT2D eigenvalue weighted by atomic mass is 32.2. The van der Waals surface area contributed by atoms with E-state index in [1.807, 2.05) is 43.0 Å². The van der Waals surface area contributed by atoms with Crippen LogP contribution in [0.5, 0.6) is 0 Å². The lowest BCUT2D eigenvalue weighted by molar-refractivity contribution is 0.0981. The Morgan fingerprint density at radius 1 is 1.00 bits per heavy atom. The number of anilines is 2. The third kappa shape index (κ3) is 3.71. The Morgan fingerprint density at radius 3 is 2.40 bits per heavy atom. The second kappa shape index (κ2) is 7.61. The third-order valence-electron chi connectivity index (χ3n) is 5.48. The number of carbonyl (C=O) groups is 1. The summed E-state index contributed by atoms with van der Waals surface area (Å²) in [6.45, 7) is 5.74. The van der Waals surface area contributed by atoms with Crippen molar-refractivity contribution in [3.05, 3.63) is 89.0 Å². The molecule has 0 spiro atoms. The van der Waals surface area contributed by atoms with Crippen LogP contribution in [-0.4, -0.2) is 20.4 Å². The zero-order valence-electron chi connectivity index (χ0n) is 17.2. The van der Waals surface area contributed by atoms with Crippen LogP contribution in [0.15, 0.2) is 71.6 Å². The minimum absolute atomic E-state index is 0.0786. The molecule has 3 aromatic rings. The van der Waals surface area contributed by atoms with Gasteiger partial charge in [-0.15, -0.1) is 0 Å². The van der Waals surface area contributed by atoms with Gasteiger partial charge >= 0.3 is 0 Å². The summed E-state index contributed by atoms with van der Waals surface area (Å²) in [5, 5.41) is 0. The lowest BCUT2D eigenvalue weighted by Crippen LogP contribution is -2.35. The molecule has 5 nitrogen and oxygen atoms in total. The summed E-state index contributed by atoms with van der Waals surface area (Å²) in [4.78, 5) is 15.2. The van der Waals surface area contributed by atoms with Gasteiger partial charge in [-0.05, 0) is 74.7 Å². The molecule has 154 valence electrons. The molecule has 0 bridgehead atoms. The summed E-state index contributed by atoms with van der Waals surface area (Å²) in [6.07, 6.45) is 0.829. The number of benzene rings is 3. The highest BCUT2D eigenvalue weighted by Crippen LogP contribution is 2.33. The Kier molecular flexibility index (Phi) is 5.12. The van der Waals surface area contributed by atoms with Gasteiger partial charge in [-0.3, -0.25) is 9.52 Å². The molecule has 1 atom stereocenters. The monoisotopic (exact) mass is 420 g/mol. The molecule has 3 aromatic carbocycles. The number of nitrogens with one attached hydrogen (secondary N) is 1. The second-order valence-electron chi connectivity index (χ2n) is 7.81. The van der Waals surface area contributed by atoms with Gasteiger partial charge in [0.2, 0.25) is 0 Å². The first-order chi connectivity index (χ1) is 14.3. The minimum atomic E-state index is -3.70. The average molecular weight is 421 g/mol. The van der Waals surface area contributed by atoms with E-state index >= 15 is 0 Å². The number of hydrogen-bond acceptors (Lipinski definition) is 3. The molecule has 0 saturated heterocycles. The van der Waals surface area contributed by atoms with E-state index in [2.05, 4.69) is 4.72 Å². The van der Waals surface area contributed by atoms with E-state index in [1.54, 1.807) is 49.4 Å². The van der Waals surface area contributed by atoms with Crippen molar-refractivity contribution in [2.24, 2.45) is 0 Å². The number of carbonyl (C=O) groups excluding carboxylic acids is 1. The maximum Gasteiger partial charge on any atom is 0.261 e.